The molecule has 0 aliphatic heterocycles. The Morgan fingerprint density at radius 1 is 1.14 bits per heavy atom. The second-order valence-corrected chi connectivity index (χ2v) is 9.47. The van der Waals surface area contributed by atoms with E-state index in [1.54, 1.807) is 12.3 Å². The first-order chi connectivity index (χ1) is 17.7. The van der Waals surface area contributed by atoms with Gasteiger partial charge in [0.1, 0.15) is 11.4 Å². The minimum Gasteiger partial charge on any atom is -0.494 e. The van der Waals surface area contributed by atoms with Crippen LogP contribution in [0.25, 0.3) is 22.2 Å². The maximum absolute atomic E-state index is 12.0. The number of benzene rings is 2. The third kappa shape index (κ3) is 5.49. The summed E-state index contributed by atoms with van der Waals surface area (Å²) < 4.78 is 7.81. The lowest BCUT2D eigenvalue weighted by Crippen LogP contribution is -2.28. The largest absolute Gasteiger partial charge is 0.494 e. The molecular weight excluding hydrogens is 470 g/mol. The summed E-state index contributed by atoms with van der Waals surface area (Å²) >= 11 is 0. The number of aromatic nitrogens is 3. The van der Waals surface area contributed by atoms with Crippen LogP contribution in [0.5, 0.6) is 5.75 Å². The van der Waals surface area contributed by atoms with Crippen molar-refractivity contribution in [3.8, 4) is 17.0 Å². The zero-order valence-corrected chi connectivity index (χ0v) is 22.1. The first kappa shape index (κ1) is 25.9. The average Bonchev–Trinajstić information content (AvgIpc) is 3.27. The Labute approximate surface area is 216 Å². The fraction of sp³-hybridized carbons (Fsp3) is 0.333. The van der Waals surface area contributed by atoms with E-state index < -0.39 is 0 Å². The Bertz CT molecular complexity index is 1410. The van der Waals surface area contributed by atoms with Crippen molar-refractivity contribution in [2.75, 3.05) is 51.6 Å². The number of ether oxygens (including phenoxy) is 1. The highest BCUT2D eigenvalue weighted by Crippen LogP contribution is 2.39. The van der Waals surface area contributed by atoms with Gasteiger partial charge in [-0.05, 0) is 40.1 Å². The Balaban J connectivity index is 1.71. The summed E-state index contributed by atoms with van der Waals surface area (Å²) in [6, 6.07) is 13.5. The van der Waals surface area contributed by atoms with Crippen LogP contribution in [0.1, 0.15) is 19.9 Å². The molecule has 0 amide bonds. The van der Waals surface area contributed by atoms with Crippen LogP contribution in [-0.4, -0.2) is 65.7 Å². The number of likely N-dealkylation sites (N-methyl/N-ethyl adjacent to an activating group) is 2. The van der Waals surface area contributed by atoms with Crippen molar-refractivity contribution >= 4 is 33.9 Å². The number of nitro groups is 1. The Hall–Kier alpha value is -4.18. The predicted octanol–water partition coefficient (Wildman–Crippen LogP) is 5.34. The van der Waals surface area contributed by atoms with Crippen LogP contribution in [0, 0.1) is 10.1 Å². The number of hydrogen-bond acceptors (Lipinski definition) is 8. The molecule has 0 fully saturated rings. The monoisotopic (exact) mass is 503 g/mol. The molecule has 0 radical (unpaired) electrons. The number of methoxy groups -OCH3 is 1. The average molecular weight is 504 g/mol. The van der Waals surface area contributed by atoms with Crippen molar-refractivity contribution in [1.82, 2.24) is 19.4 Å². The molecule has 0 spiro atoms. The normalized spacial score (nSPS) is 11.4. The Morgan fingerprint density at radius 2 is 1.89 bits per heavy atom. The minimum absolute atomic E-state index is 0.0271. The highest BCUT2D eigenvalue weighted by atomic mass is 16.6. The molecule has 10 heteroatoms. The first-order valence-corrected chi connectivity index (χ1v) is 12.1. The SMILES string of the molecule is COc1cc(N(C)CCN(C)C)c([N+](=O)[O-])cc1Nc1nccc(-c2cn(C(C)C)c3ccccc23)n1. The van der Waals surface area contributed by atoms with E-state index in [4.69, 9.17) is 9.72 Å². The molecule has 0 aliphatic rings. The fourth-order valence-corrected chi connectivity index (χ4v) is 4.27. The second kappa shape index (κ2) is 10.8. The molecule has 194 valence electrons. The van der Waals surface area contributed by atoms with Gasteiger partial charge in [-0.1, -0.05) is 18.2 Å². The first-order valence-electron chi connectivity index (χ1n) is 12.1. The number of anilines is 3. The number of rotatable bonds is 10. The predicted molar refractivity (Wildman–Crippen MR) is 148 cm³/mol. The van der Waals surface area contributed by atoms with Crippen LogP contribution >= 0.6 is 0 Å². The Kier molecular flexibility index (Phi) is 7.58. The van der Waals surface area contributed by atoms with Crippen LogP contribution < -0.4 is 15.0 Å². The lowest BCUT2D eigenvalue weighted by atomic mass is 10.1. The molecule has 0 aliphatic carbocycles. The lowest BCUT2D eigenvalue weighted by molar-refractivity contribution is -0.384. The zero-order chi connectivity index (χ0) is 26.7. The summed E-state index contributed by atoms with van der Waals surface area (Å²) in [5, 5.41) is 16.2. The van der Waals surface area contributed by atoms with Crippen molar-refractivity contribution < 1.29 is 9.66 Å². The number of hydrogen-bond donors (Lipinski definition) is 1. The summed E-state index contributed by atoms with van der Waals surface area (Å²) in [6.45, 7) is 5.66. The summed E-state index contributed by atoms with van der Waals surface area (Å²) in [5.41, 5.74) is 3.74. The molecule has 10 nitrogen and oxygen atoms in total. The van der Waals surface area contributed by atoms with Gasteiger partial charge in [0.2, 0.25) is 5.95 Å². The van der Waals surface area contributed by atoms with Crippen LogP contribution in [0.4, 0.5) is 23.0 Å². The molecule has 0 saturated heterocycles. The molecule has 0 atom stereocenters. The van der Waals surface area contributed by atoms with Gasteiger partial charge in [0.25, 0.3) is 5.69 Å². The quantitative estimate of drug-likeness (QED) is 0.229. The van der Waals surface area contributed by atoms with Crippen molar-refractivity contribution in [3.05, 3.63) is 65.0 Å². The molecule has 0 bridgehead atoms. The van der Waals surface area contributed by atoms with Crippen LogP contribution in [0.15, 0.2) is 54.9 Å². The van der Waals surface area contributed by atoms with Crippen LogP contribution in [-0.2, 0) is 0 Å². The molecule has 0 saturated carbocycles. The van der Waals surface area contributed by atoms with E-state index in [-0.39, 0.29) is 16.7 Å². The highest BCUT2D eigenvalue weighted by Gasteiger charge is 2.22. The van der Waals surface area contributed by atoms with Crippen molar-refractivity contribution in [3.63, 3.8) is 0 Å². The molecule has 1 N–H and O–H groups in total. The summed E-state index contributed by atoms with van der Waals surface area (Å²) in [4.78, 5) is 24.6. The van der Waals surface area contributed by atoms with E-state index in [2.05, 4.69) is 47.0 Å². The topological polar surface area (TPSA) is 102 Å². The fourth-order valence-electron chi connectivity index (χ4n) is 4.27. The number of nitro benzene ring substituents is 1. The smallest absolute Gasteiger partial charge is 0.294 e. The van der Waals surface area contributed by atoms with Gasteiger partial charge >= 0.3 is 0 Å². The zero-order valence-electron chi connectivity index (χ0n) is 22.1. The van der Waals surface area contributed by atoms with Gasteiger partial charge in [-0.15, -0.1) is 0 Å². The molecule has 2 aromatic carbocycles. The number of fused-ring (bicyclic) bond motifs is 1. The number of para-hydroxylation sites is 1. The van der Waals surface area contributed by atoms with E-state index in [9.17, 15) is 10.1 Å². The van der Waals surface area contributed by atoms with Gasteiger partial charge in [-0.2, -0.15) is 0 Å². The third-order valence-corrected chi connectivity index (χ3v) is 6.26. The van der Waals surface area contributed by atoms with Gasteiger partial charge in [0.15, 0.2) is 0 Å². The van der Waals surface area contributed by atoms with E-state index in [0.717, 1.165) is 28.7 Å². The second-order valence-electron chi connectivity index (χ2n) is 9.47. The molecule has 2 heterocycles. The van der Waals surface area contributed by atoms with Gasteiger partial charge < -0.3 is 24.4 Å². The Morgan fingerprint density at radius 3 is 2.57 bits per heavy atom. The lowest BCUT2D eigenvalue weighted by Gasteiger charge is -2.22. The van der Waals surface area contributed by atoms with Gasteiger partial charge in [-0.3, -0.25) is 10.1 Å². The summed E-state index contributed by atoms with van der Waals surface area (Å²) in [6.07, 6.45) is 3.78. The van der Waals surface area contributed by atoms with Crippen molar-refractivity contribution in [1.29, 1.82) is 0 Å². The third-order valence-electron chi connectivity index (χ3n) is 6.26. The van der Waals surface area contributed by atoms with E-state index in [1.165, 1.54) is 13.2 Å². The van der Waals surface area contributed by atoms with Gasteiger partial charge in [-0.25, -0.2) is 9.97 Å². The summed E-state index contributed by atoms with van der Waals surface area (Å²) in [5.74, 6) is 0.780. The molecule has 4 rings (SSSR count). The highest BCUT2D eigenvalue weighted by molar-refractivity contribution is 5.95. The van der Waals surface area contributed by atoms with E-state index in [0.29, 0.717) is 29.6 Å². The molecule has 4 aromatic rings. The van der Waals surface area contributed by atoms with E-state index in [1.807, 2.05) is 49.1 Å². The van der Waals surface area contributed by atoms with Gasteiger partial charge in [0, 0.05) is 67.2 Å². The van der Waals surface area contributed by atoms with Crippen LogP contribution in [0.3, 0.4) is 0 Å². The standard InChI is InChI=1S/C27H33N7O3/c1-18(2)33-17-20(19-9-7-8-10-23(19)33)21-11-12-28-27(29-21)30-22-15-25(34(35)36)24(16-26(22)37-6)32(5)14-13-31(3)4/h7-12,15-18H,13-14H2,1-6H3,(H,28,29,30). The van der Waals surface area contributed by atoms with Gasteiger partial charge in [0.05, 0.1) is 23.4 Å². The van der Waals surface area contributed by atoms with Crippen molar-refractivity contribution in [2.45, 2.75) is 19.9 Å². The maximum Gasteiger partial charge on any atom is 0.294 e. The van der Waals surface area contributed by atoms with E-state index >= 15 is 0 Å². The minimum atomic E-state index is -0.385. The van der Waals surface area contributed by atoms with Crippen LogP contribution in [0.2, 0.25) is 0 Å². The number of nitrogens with zero attached hydrogens (tertiary/aromatic N) is 6. The molecule has 2 aromatic heterocycles. The molecular formula is C27H33N7O3. The number of nitrogens with one attached hydrogen (secondary N) is 1. The summed E-state index contributed by atoms with van der Waals surface area (Å²) in [7, 11) is 7.29. The molecule has 37 heavy (non-hydrogen) atoms. The molecule has 0 unspecified atom stereocenters. The van der Waals surface area contributed by atoms with Crippen molar-refractivity contribution in [2.24, 2.45) is 0 Å². The maximum atomic E-state index is 12.0.